The molecule has 1 aromatic heterocycles. The van der Waals surface area contributed by atoms with Crippen molar-refractivity contribution in [2.75, 3.05) is 19.8 Å². The van der Waals surface area contributed by atoms with E-state index in [0.29, 0.717) is 18.2 Å². The van der Waals surface area contributed by atoms with Gasteiger partial charge in [0.05, 0.1) is 36.7 Å². The first-order chi connectivity index (χ1) is 12.0. The molecule has 4 nitrogen and oxygen atoms in total. The van der Waals surface area contributed by atoms with E-state index in [2.05, 4.69) is 14.9 Å². The van der Waals surface area contributed by atoms with Gasteiger partial charge in [-0.05, 0) is 30.5 Å². The molecule has 1 aromatic carbocycles. The average molecular weight is 351 g/mol. The van der Waals surface area contributed by atoms with E-state index in [1.807, 2.05) is 0 Å². The van der Waals surface area contributed by atoms with Crippen LogP contribution in [0.2, 0.25) is 0 Å². The normalized spacial score (nSPS) is 22.8. The van der Waals surface area contributed by atoms with Gasteiger partial charge in [-0.2, -0.15) is 13.2 Å². The minimum Gasteiger partial charge on any atom is -0.378 e. The Bertz CT molecular complexity index is 722. The van der Waals surface area contributed by atoms with E-state index in [4.69, 9.17) is 4.74 Å². The lowest BCUT2D eigenvalue weighted by Gasteiger charge is -2.44. The lowest BCUT2D eigenvalue weighted by molar-refractivity contribution is -0.137. The third-order valence-corrected chi connectivity index (χ3v) is 5.15. The standard InChI is InChI=1S/C18H20F3N3O/c19-18(20,21)13-6-4-12(5-7-13)15-10-22-17(23-15)16-11-25-9-8-24(16)14-2-1-3-14/h4-7,10,14,16H,1-3,8-9,11H2,(H,22,23). The van der Waals surface area contributed by atoms with Gasteiger partial charge in [-0.3, -0.25) is 4.90 Å². The third kappa shape index (κ3) is 3.30. The van der Waals surface area contributed by atoms with E-state index in [0.717, 1.165) is 36.8 Å². The Morgan fingerprint density at radius 3 is 2.56 bits per heavy atom. The lowest BCUT2D eigenvalue weighted by Crippen LogP contribution is -2.48. The van der Waals surface area contributed by atoms with Crippen LogP contribution in [-0.2, 0) is 10.9 Å². The Kier molecular flexibility index (Phi) is 4.29. The van der Waals surface area contributed by atoms with Crippen LogP contribution in [-0.4, -0.2) is 40.7 Å². The Labute approximate surface area is 144 Å². The van der Waals surface area contributed by atoms with E-state index in [-0.39, 0.29) is 6.04 Å². The quantitative estimate of drug-likeness (QED) is 0.908. The van der Waals surface area contributed by atoms with Crippen molar-refractivity contribution in [3.63, 3.8) is 0 Å². The Hall–Kier alpha value is -1.86. The minimum absolute atomic E-state index is 0.0854. The summed E-state index contributed by atoms with van der Waals surface area (Å²) in [7, 11) is 0. The summed E-state index contributed by atoms with van der Waals surface area (Å²) in [4.78, 5) is 10.2. The summed E-state index contributed by atoms with van der Waals surface area (Å²) in [5.74, 6) is 0.821. The highest BCUT2D eigenvalue weighted by molar-refractivity contribution is 5.59. The molecule has 1 N–H and O–H groups in total. The SMILES string of the molecule is FC(F)(F)c1ccc(-c2cnc(C3COCCN3C3CCC3)[nH]2)cc1. The average Bonchev–Trinajstić information content (AvgIpc) is 3.03. The predicted molar refractivity (Wildman–Crippen MR) is 86.9 cm³/mol. The van der Waals surface area contributed by atoms with Gasteiger partial charge in [0.2, 0.25) is 0 Å². The number of ether oxygens (including phenoxy) is 1. The van der Waals surface area contributed by atoms with Crippen molar-refractivity contribution in [3.05, 3.63) is 41.9 Å². The highest BCUT2D eigenvalue weighted by atomic mass is 19.4. The molecule has 2 aliphatic rings. The fourth-order valence-electron chi connectivity index (χ4n) is 3.50. The molecule has 0 spiro atoms. The predicted octanol–water partition coefficient (Wildman–Crippen LogP) is 4.02. The van der Waals surface area contributed by atoms with E-state index in [1.54, 1.807) is 6.20 Å². The van der Waals surface area contributed by atoms with Crippen molar-refractivity contribution in [1.29, 1.82) is 0 Å². The molecule has 4 rings (SSSR count). The lowest BCUT2D eigenvalue weighted by atomic mass is 9.90. The van der Waals surface area contributed by atoms with Crippen molar-refractivity contribution in [1.82, 2.24) is 14.9 Å². The molecule has 1 saturated heterocycles. The fourth-order valence-corrected chi connectivity index (χ4v) is 3.50. The number of nitrogens with zero attached hydrogens (tertiary/aromatic N) is 2. The van der Waals surface area contributed by atoms with Gasteiger partial charge in [0.1, 0.15) is 5.82 Å². The van der Waals surface area contributed by atoms with Crippen LogP contribution in [0.25, 0.3) is 11.3 Å². The number of aromatic amines is 1. The van der Waals surface area contributed by atoms with E-state index in [1.165, 1.54) is 31.4 Å². The second kappa shape index (κ2) is 6.46. The number of hydrogen-bond acceptors (Lipinski definition) is 3. The second-order valence-electron chi connectivity index (χ2n) is 6.67. The second-order valence-corrected chi connectivity index (χ2v) is 6.67. The maximum atomic E-state index is 12.7. The molecule has 7 heteroatoms. The fraction of sp³-hybridized carbons (Fsp3) is 0.500. The van der Waals surface area contributed by atoms with Crippen LogP contribution < -0.4 is 0 Å². The summed E-state index contributed by atoms with van der Waals surface area (Å²) >= 11 is 0. The van der Waals surface area contributed by atoms with Crippen molar-refractivity contribution in [2.24, 2.45) is 0 Å². The Morgan fingerprint density at radius 2 is 1.92 bits per heavy atom. The third-order valence-electron chi connectivity index (χ3n) is 5.15. The number of imidazole rings is 1. The summed E-state index contributed by atoms with van der Waals surface area (Å²) < 4.78 is 43.7. The number of nitrogens with one attached hydrogen (secondary N) is 1. The van der Waals surface area contributed by atoms with Gasteiger partial charge in [-0.15, -0.1) is 0 Å². The number of benzene rings is 1. The van der Waals surface area contributed by atoms with Crippen molar-refractivity contribution in [2.45, 2.75) is 37.5 Å². The molecule has 2 aromatic rings. The zero-order valence-corrected chi connectivity index (χ0v) is 13.7. The van der Waals surface area contributed by atoms with Crippen LogP contribution in [0.4, 0.5) is 13.2 Å². The Morgan fingerprint density at radius 1 is 1.16 bits per heavy atom. The zero-order chi connectivity index (χ0) is 17.4. The first-order valence-electron chi connectivity index (χ1n) is 8.58. The largest absolute Gasteiger partial charge is 0.416 e. The molecule has 0 radical (unpaired) electrons. The number of halogens is 3. The zero-order valence-electron chi connectivity index (χ0n) is 13.7. The number of hydrogen-bond donors (Lipinski definition) is 1. The maximum Gasteiger partial charge on any atom is 0.416 e. The van der Waals surface area contributed by atoms with Gasteiger partial charge in [0.15, 0.2) is 0 Å². The molecule has 134 valence electrons. The molecule has 1 aliphatic carbocycles. The van der Waals surface area contributed by atoms with Crippen LogP contribution in [0.15, 0.2) is 30.5 Å². The number of alkyl halides is 3. The molecule has 0 amide bonds. The van der Waals surface area contributed by atoms with Gasteiger partial charge in [-0.25, -0.2) is 4.98 Å². The van der Waals surface area contributed by atoms with E-state index < -0.39 is 11.7 Å². The van der Waals surface area contributed by atoms with Crippen LogP contribution in [0.5, 0.6) is 0 Å². The van der Waals surface area contributed by atoms with Crippen LogP contribution >= 0.6 is 0 Å². The summed E-state index contributed by atoms with van der Waals surface area (Å²) in [6.45, 7) is 2.22. The Balaban J connectivity index is 1.55. The van der Waals surface area contributed by atoms with Crippen molar-refractivity contribution in [3.8, 4) is 11.3 Å². The molecule has 1 aliphatic heterocycles. The topological polar surface area (TPSA) is 41.1 Å². The molecular weight excluding hydrogens is 331 g/mol. The summed E-state index contributed by atoms with van der Waals surface area (Å²) in [5.41, 5.74) is 0.773. The molecular formula is C18H20F3N3O. The van der Waals surface area contributed by atoms with Gasteiger partial charge >= 0.3 is 6.18 Å². The summed E-state index contributed by atoms with van der Waals surface area (Å²) in [6.07, 6.45) is 1.06. The molecule has 25 heavy (non-hydrogen) atoms. The molecule has 1 atom stereocenters. The number of H-pyrrole nitrogens is 1. The van der Waals surface area contributed by atoms with Gasteiger partial charge < -0.3 is 9.72 Å². The van der Waals surface area contributed by atoms with Gasteiger partial charge in [-0.1, -0.05) is 18.6 Å². The molecule has 0 bridgehead atoms. The van der Waals surface area contributed by atoms with E-state index >= 15 is 0 Å². The first kappa shape index (κ1) is 16.6. The summed E-state index contributed by atoms with van der Waals surface area (Å²) in [5, 5.41) is 0. The number of aromatic nitrogens is 2. The van der Waals surface area contributed by atoms with Gasteiger partial charge in [0, 0.05) is 12.6 Å². The van der Waals surface area contributed by atoms with Crippen molar-refractivity contribution >= 4 is 0 Å². The van der Waals surface area contributed by atoms with Crippen molar-refractivity contribution < 1.29 is 17.9 Å². The number of rotatable bonds is 3. The molecule has 2 fully saturated rings. The van der Waals surface area contributed by atoms with Crippen LogP contribution in [0.1, 0.15) is 36.7 Å². The van der Waals surface area contributed by atoms with Crippen LogP contribution in [0, 0.1) is 0 Å². The molecule has 1 unspecified atom stereocenters. The first-order valence-corrected chi connectivity index (χ1v) is 8.58. The van der Waals surface area contributed by atoms with Gasteiger partial charge in [0.25, 0.3) is 0 Å². The molecule has 1 saturated carbocycles. The van der Waals surface area contributed by atoms with E-state index in [9.17, 15) is 13.2 Å². The monoisotopic (exact) mass is 351 g/mol. The summed E-state index contributed by atoms with van der Waals surface area (Å²) in [6, 6.07) is 5.82. The number of morpholine rings is 1. The maximum absolute atomic E-state index is 12.7. The minimum atomic E-state index is -4.32. The molecule has 2 heterocycles. The highest BCUT2D eigenvalue weighted by Crippen LogP contribution is 2.34. The smallest absolute Gasteiger partial charge is 0.378 e. The highest BCUT2D eigenvalue weighted by Gasteiger charge is 2.35. The van der Waals surface area contributed by atoms with Crippen LogP contribution in [0.3, 0.4) is 0 Å².